The van der Waals surface area contributed by atoms with Crippen molar-refractivity contribution in [2.75, 3.05) is 0 Å². The largest absolute Gasteiger partial charge is 0.0654 e. The second-order valence-corrected chi connectivity index (χ2v) is 7.73. The van der Waals surface area contributed by atoms with Gasteiger partial charge in [-0.2, -0.15) is 0 Å². The molecule has 19 heavy (non-hydrogen) atoms. The van der Waals surface area contributed by atoms with E-state index in [1.807, 2.05) is 0 Å². The van der Waals surface area contributed by atoms with E-state index in [4.69, 9.17) is 0 Å². The topological polar surface area (TPSA) is 0 Å². The lowest BCUT2D eigenvalue weighted by Gasteiger charge is -2.56. The molecule has 0 aliphatic heterocycles. The average Bonchev–Trinajstić information content (AvgIpc) is 2.35. The normalized spacial score (nSPS) is 18.9. The SMILES string of the molecule is CCCCC(C)(C(C)(C)CCC)C(C)(CC)CCC. The molecule has 0 nitrogen and oxygen atoms in total. The first-order valence-electron chi connectivity index (χ1n) is 8.74. The molecule has 0 radical (unpaired) electrons. The van der Waals surface area contributed by atoms with E-state index in [1.54, 1.807) is 0 Å². The molecule has 2 unspecified atom stereocenters. The van der Waals surface area contributed by atoms with Gasteiger partial charge in [-0.15, -0.1) is 0 Å². The Morgan fingerprint density at radius 1 is 0.632 bits per heavy atom. The standard InChI is InChI=1S/C19H40/c1-9-13-16-19(8,17(5,6)14-10-2)18(7,12-4)15-11-3/h9-16H2,1-8H3. The zero-order chi connectivity index (χ0) is 15.2. The molecule has 0 aliphatic rings. The summed E-state index contributed by atoms with van der Waals surface area (Å²) in [4.78, 5) is 0. The fourth-order valence-corrected chi connectivity index (χ4v) is 4.28. The Balaban J connectivity index is 5.47. The van der Waals surface area contributed by atoms with Crippen LogP contribution in [0.5, 0.6) is 0 Å². The van der Waals surface area contributed by atoms with Crippen molar-refractivity contribution in [3.8, 4) is 0 Å². The van der Waals surface area contributed by atoms with E-state index >= 15 is 0 Å². The molecule has 0 heteroatoms. The molecule has 0 heterocycles. The molecule has 0 amide bonds. The average molecular weight is 269 g/mol. The van der Waals surface area contributed by atoms with Crippen LogP contribution in [0, 0.1) is 16.2 Å². The third-order valence-corrected chi connectivity index (χ3v) is 6.31. The van der Waals surface area contributed by atoms with E-state index in [1.165, 1.54) is 51.4 Å². The van der Waals surface area contributed by atoms with Gasteiger partial charge in [0.25, 0.3) is 0 Å². The second kappa shape index (κ2) is 7.70. The van der Waals surface area contributed by atoms with E-state index in [-0.39, 0.29) is 0 Å². The molecule has 0 aliphatic carbocycles. The Bertz CT molecular complexity index is 240. The highest BCUT2D eigenvalue weighted by Crippen LogP contribution is 2.59. The summed E-state index contributed by atoms with van der Waals surface area (Å²) >= 11 is 0. The van der Waals surface area contributed by atoms with Crippen LogP contribution in [0.3, 0.4) is 0 Å². The molecule has 0 aromatic heterocycles. The van der Waals surface area contributed by atoms with Gasteiger partial charge in [-0.3, -0.25) is 0 Å². The van der Waals surface area contributed by atoms with Gasteiger partial charge >= 0.3 is 0 Å². The van der Waals surface area contributed by atoms with Gasteiger partial charge in [0.15, 0.2) is 0 Å². The summed E-state index contributed by atoms with van der Waals surface area (Å²) in [5.74, 6) is 0. The third kappa shape index (κ3) is 3.99. The lowest BCUT2D eigenvalue weighted by atomic mass is 9.48. The van der Waals surface area contributed by atoms with Crippen LogP contribution in [0.4, 0.5) is 0 Å². The van der Waals surface area contributed by atoms with Crippen LogP contribution in [0.15, 0.2) is 0 Å². The number of hydrogen-bond acceptors (Lipinski definition) is 0. The van der Waals surface area contributed by atoms with Crippen LogP contribution in [-0.2, 0) is 0 Å². The Labute approximate surface area is 123 Å². The minimum absolute atomic E-state index is 0.441. The summed E-state index contributed by atoms with van der Waals surface area (Å²) < 4.78 is 0. The maximum Gasteiger partial charge on any atom is -0.0221 e. The maximum absolute atomic E-state index is 2.59. The molecule has 0 aromatic rings. The van der Waals surface area contributed by atoms with Gasteiger partial charge < -0.3 is 0 Å². The summed E-state index contributed by atoms with van der Waals surface area (Å²) in [5, 5.41) is 0. The smallest absolute Gasteiger partial charge is 0.0221 e. The van der Waals surface area contributed by atoms with E-state index in [0.717, 1.165) is 0 Å². The van der Waals surface area contributed by atoms with Crippen LogP contribution in [-0.4, -0.2) is 0 Å². The van der Waals surface area contributed by atoms with E-state index in [9.17, 15) is 0 Å². The van der Waals surface area contributed by atoms with Crippen LogP contribution in [0.1, 0.15) is 107 Å². The minimum atomic E-state index is 0.441. The first-order chi connectivity index (χ1) is 8.74. The molecule has 0 rings (SSSR count). The van der Waals surface area contributed by atoms with Gasteiger partial charge in [-0.1, -0.05) is 87.5 Å². The van der Waals surface area contributed by atoms with Crippen LogP contribution in [0.25, 0.3) is 0 Å². The van der Waals surface area contributed by atoms with Crippen LogP contribution < -0.4 is 0 Å². The third-order valence-electron chi connectivity index (χ3n) is 6.31. The molecule has 0 N–H and O–H groups in total. The van der Waals surface area contributed by atoms with Crippen molar-refractivity contribution < 1.29 is 0 Å². The van der Waals surface area contributed by atoms with Gasteiger partial charge in [-0.05, 0) is 35.5 Å². The number of rotatable bonds is 10. The van der Waals surface area contributed by atoms with Crippen molar-refractivity contribution in [3.05, 3.63) is 0 Å². The summed E-state index contributed by atoms with van der Waals surface area (Å²) in [5.41, 5.74) is 1.38. The lowest BCUT2D eigenvalue weighted by Crippen LogP contribution is -2.48. The van der Waals surface area contributed by atoms with Gasteiger partial charge in [0.2, 0.25) is 0 Å². The Kier molecular flexibility index (Phi) is 7.70. The summed E-state index contributed by atoms with van der Waals surface area (Å²) in [6, 6.07) is 0. The van der Waals surface area contributed by atoms with Gasteiger partial charge in [0.05, 0.1) is 0 Å². The van der Waals surface area contributed by atoms with Gasteiger partial charge in [0, 0.05) is 0 Å². The Morgan fingerprint density at radius 2 is 1.16 bits per heavy atom. The summed E-state index contributed by atoms with van der Waals surface area (Å²) in [6.07, 6.45) is 10.7. The fraction of sp³-hybridized carbons (Fsp3) is 1.00. The quantitative estimate of drug-likeness (QED) is 0.392. The van der Waals surface area contributed by atoms with Crippen molar-refractivity contribution >= 4 is 0 Å². The Morgan fingerprint density at radius 3 is 1.53 bits per heavy atom. The van der Waals surface area contributed by atoms with Crippen molar-refractivity contribution in [1.82, 2.24) is 0 Å². The predicted molar refractivity (Wildman–Crippen MR) is 89.6 cm³/mol. The summed E-state index contributed by atoms with van der Waals surface area (Å²) in [7, 11) is 0. The van der Waals surface area contributed by atoms with Gasteiger partial charge in [-0.25, -0.2) is 0 Å². The van der Waals surface area contributed by atoms with Crippen molar-refractivity contribution in [2.24, 2.45) is 16.2 Å². The zero-order valence-corrected chi connectivity index (χ0v) is 15.2. The van der Waals surface area contributed by atoms with Crippen LogP contribution >= 0.6 is 0 Å². The zero-order valence-electron chi connectivity index (χ0n) is 15.2. The fourth-order valence-electron chi connectivity index (χ4n) is 4.28. The molecular weight excluding hydrogens is 228 g/mol. The highest BCUT2D eigenvalue weighted by molar-refractivity contribution is 5.00. The van der Waals surface area contributed by atoms with Crippen molar-refractivity contribution in [2.45, 2.75) is 107 Å². The number of hydrogen-bond donors (Lipinski definition) is 0. The lowest BCUT2D eigenvalue weighted by molar-refractivity contribution is -0.0697. The van der Waals surface area contributed by atoms with Gasteiger partial charge in [0.1, 0.15) is 0 Å². The monoisotopic (exact) mass is 268 g/mol. The molecule has 0 saturated heterocycles. The first kappa shape index (κ1) is 19.0. The molecule has 0 bridgehead atoms. The van der Waals surface area contributed by atoms with E-state index in [2.05, 4.69) is 55.4 Å². The van der Waals surface area contributed by atoms with Crippen molar-refractivity contribution in [3.63, 3.8) is 0 Å². The highest BCUT2D eigenvalue weighted by atomic mass is 14.5. The van der Waals surface area contributed by atoms with Crippen LogP contribution in [0.2, 0.25) is 0 Å². The molecular formula is C19H40. The second-order valence-electron chi connectivity index (χ2n) is 7.73. The predicted octanol–water partition coefficient (Wildman–Crippen LogP) is 7.23. The number of unbranched alkanes of at least 4 members (excludes halogenated alkanes) is 1. The Hall–Kier alpha value is 0. The molecule has 0 spiro atoms. The molecule has 116 valence electrons. The first-order valence-corrected chi connectivity index (χ1v) is 8.74. The van der Waals surface area contributed by atoms with E-state index < -0.39 is 0 Å². The van der Waals surface area contributed by atoms with E-state index in [0.29, 0.717) is 16.2 Å². The maximum atomic E-state index is 2.59. The summed E-state index contributed by atoms with van der Waals surface area (Å²) in [6.45, 7) is 19.6. The molecule has 0 aromatic carbocycles. The molecule has 0 saturated carbocycles. The van der Waals surface area contributed by atoms with Crippen molar-refractivity contribution in [1.29, 1.82) is 0 Å². The molecule has 2 atom stereocenters. The minimum Gasteiger partial charge on any atom is -0.0654 e. The molecule has 0 fully saturated rings. The highest BCUT2D eigenvalue weighted by Gasteiger charge is 2.50.